The van der Waals surface area contributed by atoms with Gasteiger partial charge in [0, 0.05) is 32.5 Å². The van der Waals surface area contributed by atoms with E-state index in [1.54, 1.807) is 23.0 Å². The molecule has 0 aromatic carbocycles. The Balaban J connectivity index is 2.70. The molecule has 17 heavy (non-hydrogen) atoms. The summed E-state index contributed by atoms with van der Waals surface area (Å²) in [6.07, 6.45) is 3.09. The Morgan fingerprint density at radius 2 is 1.88 bits per heavy atom. The predicted octanol–water partition coefficient (Wildman–Crippen LogP) is 0.363. The van der Waals surface area contributed by atoms with Crippen LogP contribution >= 0.6 is 0 Å². The zero-order valence-electron chi connectivity index (χ0n) is 10.6. The maximum absolute atomic E-state index is 11.9. The number of aromatic nitrogens is 2. The van der Waals surface area contributed by atoms with E-state index in [0.29, 0.717) is 24.7 Å². The van der Waals surface area contributed by atoms with Crippen LogP contribution in [-0.4, -0.2) is 47.5 Å². The van der Waals surface area contributed by atoms with Crippen LogP contribution in [0.15, 0.2) is 12.4 Å². The van der Waals surface area contributed by atoms with E-state index < -0.39 is 0 Å². The van der Waals surface area contributed by atoms with Gasteiger partial charge in [0.15, 0.2) is 11.6 Å². The highest BCUT2D eigenvalue weighted by Crippen LogP contribution is 2.14. The zero-order valence-corrected chi connectivity index (χ0v) is 10.6. The van der Waals surface area contributed by atoms with Gasteiger partial charge in [-0.2, -0.15) is 0 Å². The minimum Gasteiger partial charge on any atom is -0.381 e. The zero-order chi connectivity index (χ0) is 12.8. The number of anilines is 2. The van der Waals surface area contributed by atoms with E-state index in [-0.39, 0.29) is 12.5 Å². The monoisotopic (exact) mass is 237 g/mol. The molecule has 0 radical (unpaired) electrons. The van der Waals surface area contributed by atoms with Gasteiger partial charge in [-0.05, 0) is 13.8 Å². The third-order valence-corrected chi connectivity index (χ3v) is 2.56. The Morgan fingerprint density at radius 3 is 2.41 bits per heavy atom. The summed E-state index contributed by atoms with van der Waals surface area (Å²) < 4.78 is 0. The molecular weight excluding hydrogens is 218 g/mol. The summed E-state index contributed by atoms with van der Waals surface area (Å²) in [7, 11) is 1.78. The highest BCUT2D eigenvalue weighted by Gasteiger charge is 2.15. The van der Waals surface area contributed by atoms with Gasteiger partial charge in [0.2, 0.25) is 5.91 Å². The fraction of sp³-hybridized carbons (Fsp3) is 0.545. The Hall–Kier alpha value is -1.85. The normalized spacial score (nSPS) is 10.1. The third kappa shape index (κ3) is 3.30. The molecule has 2 N–H and O–H groups in total. The second-order valence-corrected chi connectivity index (χ2v) is 3.69. The highest BCUT2D eigenvalue weighted by atomic mass is 16.2. The lowest BCUT2D eigenvalue weighted by Gasteiger charge is -2.24. The lowest BCUT2D eigenvalue weighted by Crippen LogP contribution is -2.39. The summed E-state index contributed by atoms with van der Waals surface area (Å²) in [6, 6.07) is 0. The molecule has 0 fully saturated rings. The van der Waals surface area contributed by atoms with Crippen molar-refractivity contribution >= 4 is 17.5 Å². The molecule has 0 saturated carbocycles. The van der Waals surface area contributed by atoms with Gasteiger partial charge in [0.05, 0.1) is 6.54 Å². The number of nitrogen functional groups attached to an aromatic ring is 1. The SMILES string of the molecule is CCN(CC)C(=O)CN(C)c1nccnc1N. The van der Waals surface area contributed by atoms with Crippen LogP contribution in [0.3, 0.4) is 0 Å². The summed E-state index contributed by atoms with van der Waals surface area (Å²) in [4.78, 5) is 23.4. The van der Waals surface area contributed by atoms with E-state index in [0.717, 1.165) is 0 Å². The van der Waals surface area contributed by atoms with E-state index in [9.17, 15) is 4.79 Å². The van der Waals surface area contributed by atoms with Crippen molar-refractivity contribution in [3.8, 4) is 0 Å². The number of nitrogens with two attached hydrogens (primary N) is 1. The molecule has 0 aliphatic carbocycles. The van der Waals surface area contributed by atoms with Gasteiger partial charge in [0.1, 0.15) is 0 Å². The number of carbonyl (C=O) groups is 1. The molecule has 1 aromatic rings. The molecule has 6 heteroatoms. The van der Waals surface area contributed by atoms with Gasteiger partial charge < -0.3 is 15.5 Å². The number of rotatable bonds is 5. The van der Waals surface area contributed by atoms with E-state index >= 15 is 0 Å². The maximum atomic E-state index is 11.9. The summed E-state index contributed by atoms with van der Waals surface area (Å²) in [5.74, 6) is 0.929. The molecule has 0 aliphatic heterocycles. The minimum atomic E-state index is 0.0579. The molecule has 0 aliphatic rings. The molecule has 94 valence electrons. The van der Waals surface area contributed by atoms with Crippen molar-refractivity contribution in [3.05, 3.63) is 12.4 Å². The molecule has 6 nitrogen and oxygen atoms in total. The molecule has 0 spiro atoms. The van der Waals surface area contributed by atoms with E-state index in [4.69, 9.17) is 5.73 Å². The second-order valence-electron chi connectivity index (χ2n) is 3.69. The smallest absolute Gasteiger partial charge is 0.242 e. The van der Waals surface area contributed by atoms with Crippen LogP contribution < -0.4 is 10.6 Å². The van der Waals surface area contributed by atoms with Crippen LogP contribution in [0.2, 0.25) is 0 Å². The fourth-order valence-electron chi connectivity index (χ4n) is 1.59. The fourth-order valence-corrected chi connectivity index (χ4v) is 1.59. The number of amides is 1. The highest BCUT2D eigenvalue weighted by molar-refractivity contribution is 5.81. The number of carbonyl (C=O) groups excluding carboxylic acids is 1. The molecule has 0 atom stereocenters. The number of likely N-dealkylation sites (N-methyl/N-ethyl adjacent to an activating group) is 2. The van der Waals surface area contributed by atoms with Gasteiger partial charge >= 0.3 is 0 Å². The average Bonchev–Trinajstić information content (AvgIpc) is 2.31. The molecule has 1 rings (SSSR count). The average molecular weight is 237 g/mol. The molecule has 0 unspecified atom stereocenters. The van der Waals surface area contributed by atoms with Crippen molar-refractivity contribution in [1.82, 2.24) is 14.9 Å². The van der Waals surface area contributed by atoms with Gasteiger partial charge in [-0.1, -0.05) is 0 Å². The molecule has 0 saturated heterocycles. The van der Waals surface area contributed by atoms with E-state index in [1.165, 1.54) is 6.20 Å². The molecule has 1 heterocycles. The Morgan fingerprint density at radius 1 is 1.29 bits per heavy atom. The topological polar surface area (TPSA) is 75.4 Å². The van der Waals surface area contributed by atoms with Gasteiger partial charge in [0.25, 0.3) is 0 Å². The van der Waals surface area contributed by atoms with Crippen molar-refractivity contribution in [2.75, 3.05) is 37.3 Å². The van der Waals surface area contributed by atoms with Crippen LogP contribution in [0.4, 0.5) is 11.6 Å². The third-order valence-electron chi connectivity index (χ3n) is 2.56. The second kappa shape index (κ2) is 6.03. The van der Waals surface area contributed by atoms with Crippen LogP contribution in [0.1, 0.15) is 13.8 Å². The first-order valence-corrected chi connectivity index (χ1v) is 5.65. The van der Waals surface area contributed by atoms with Crippen molar-refractivity contribution in [1.29, 1.82) is 0 Å². The summed E-state index contributed by atoms with van der Waals surface area (Å²) in [5.41, 5.74) is 5.70. The van der Waals surface area contributed by atoms with Crippen LogP contribution in [0, 0.1) is 0 Å². The number of nitrogens with zero attached hydrogens (tertiary/aromatic N) is 4. The quantitative estimate of drug-likeness (QED) is 0.800. The Labute approximate surface area is 101 Å². The van der Waals surface area contributed by atoms with Crippen LogP contribution in [-0.2, 0) is 4.79 Å². The summed E-state index contributed by atoms with van der Waals surface area (Å²) in [5, 5.41) is 0. The number of hydrogen-bond donors (Lipinski definition) is 1. The van der Waals surface area contributed by atoms with Gasteiger partial charge in [-0.3, -0.25) is 4.79 Å². The Kier molecular flexibility index (Phi) is 4.68. The standard InChI is InChI=1S/C11H19N5O/c1-4-16(5-2)9(17)8-15(3)11-10(12)13-6-7-14-11/h6-7H,4-5,8H2,1-3H3,(H2,12,13). The van der Waals surface area contributed by atoms with Crippen molar-refractivity contribution in [2.45, 2.75) is 13.8 Å². The molecular formula is C11H19N5O. The maximum Gasteiger partial charge on any atom is 0.242 e. The van der Waals surface area contributed by atoms with Crippen LogP contribution in [0.5, 0.6) is 0 Å². The largest absolute Gasteiger partial charge is 0.381 e. The molecule has 1 amide bonds. The first-order valence-electron chi connectivity index (χ1n) is 5.65. The summed E-state index contributed by atoms with van der Waals surface area (Å²) >= 11 is 0. The number of hydrogen-bond acceptors (Lipinski definition) is 5. The van der Waals surface area contributed by atoms with Gasteiger partial charge in [-0.25, -0.2) is 9.97 Å². The summed E-state index contributed by atoms with van der Waals surface area (Å²) in [6.45, 7) is 5.58. The first-order chi connectivity index (χ1) is 8.10. The van der Waals surface area contributed by atoms with Crippen molar-refractivity contribution < 1.29 is 4.79 Å². The lowest BCUT2D eigenvalue weighted by atomic mass is 10.4. The van der Waals surface area contributed by atoms with E-state index in [1.807, 2.05) is 13.8 Å². The first kappa shape index (κ1) is 13.2. The Bertz CT molecular complexity index is 378. The molecule has 1 aromatic heterocycles. The van der Waals surface area contributed by atoms with Crippen molar-refractivity contribution in [2.24, 2.45) is 0 Å². The minimum absolute atomic E-state index is 0.0579. The molecule has 0 bridgehead atoms. The lowest BCUT2D eigenvalue weighted by molar-refractivity contribution is -0.129. The van der Waals surface area contributed by atoms with Crippen molar-refractivity contribution in [3.63, 3.8) is 0 Å². The van der Waals surface area contributed by atoms with Gasteiger partial charge in [-0.15, -0.1) is 0 Å². The van der Waals surface area contributed by atoms with Crippen LogP contribution in [0.25, 0.3) is 0 Å². The predicted molar refractivity (Wildman–Crippen MR) is 67.6 cm³/mol. The van der Waals surface area contributed by atoms with E-state index in [2.05, 4.69) is 9.97 Å².